The number of fused-ring (bicyclic) bond motifs is 1. The molecule has 0 radical (unpaired) electrons. The van der Waals surface area contributed by atoms with Gasteiger partial charge in [0.2, 0.25) is 5.91 Å². The first-order chi connectivity index (χ1) is 15.1. The second-order valence-electron chi connectivity index (χ2n) is 7.27. The Morgan fingerprint density at radius 3 is 2.29 bits per heavy atom. The summed E-state index contributed by atoms with van der Waals surface area (Å²) in [7, 11) is 0. The van der Waals surface area contributed by atoms with E-state index in [9.17, 15) is 9.59 Å². The Labute approximate surface area is 184 Å². The number of carbonyl (C=O) groups excluding carboxylic acids is 1. The number of aryl methyl sites for hydroxylation is 1. The molecule has 0 aliphatic carbocycles. The lowest BCUT2D eigenvalue weighted by Crippen LogP contribution is -2.26. The maximum Gasteiger partial charge on any atom is 0.262 e. The first kappa shape index (κ1) is 20.9. The Bertz CT molecular complexity index is 1240. The van der Waals surface area contributed by atoms with Crippen LogP contribution >= 0.6 is 11.8 Å². The molecule has 156 valence electrons. The maximum absolute atomic E-state index is 13.3. The van der Waals surface area contributed by atoms with Crippen LogP contribution in [0.3, 0.4) is 0 Å². The molecule has 0 aliphatic rings. The van der Waals surface area contributed by atoms with Gasteiger partial charge < -0.3 is 5.73 Å². The molecule has 1 aromatic heterocycles. The van der Waals surface area contributed by atoms with E-state index >= 15 is 0 Å². The smallest absolute Gasteiger partial charge is 0.262 e. The summed E-state index contributed by atoms with van der Waals surface area (Å²) in [5, 5.41) is 0.445. The highest BCUT2D eigenvalue weighted by atomic mass is 32.2. The van der Waals surface area contributed by atoms with Crippen molar-refractivity contribution in [3.8, 4) is 0 Å². The number of nitrogens with two attached hydrogens (primary N) is 1. The van der Waals surface area contributed by atoms with Gasteiger partial charge >= 0.3 is 0 Å². The topological polar surface area (TPSA) is 78.0 Å². The van der Waals surface area contributed by atoms with Gasteiger partial charge in [-0.2, -0.15) is 0 Å². The van der Waals surface area contributed by atoms with Crippen LogP contribution < -0.4 is 11.3 Å². The number of hydrogen-bond donors (Lipinski definition) is 1. The number of nitrogens with zero attached hydrogens (tertiary/aromatic N) is 2. The molecule has 1 amide bonds. The molecule has 0 spiro atoms. The van der Waals surface area contributed by atoms with Crippen molar-refractivity contribution in [2.24, 2.45) is 5.73 Å². The maximum atomic E-state index is 13.3. The van der Waals surface area contributed by atoms with Crippen molar-refractivity contribution in [2.75, 3.05) is 0 Å². The molecule has 2 N–H and O–H groups in total. The molecule has 4 rings (SSSR count). The van der Waals surface area contributed by atoms with Gasteiger partial charge in [-0.25, -0.2) is 4.98 Å². The average Bonchev–Trinajstić information content (AvgIpc) is 2.80. The quantitative estimate of drug-likeness (QED) is 0.334. The largest absolute Gasteiger partial charge is 0.368 e. The molecule has 5 nitrogen and oxygen atoms in total. The molecule has 31 heavy (non-hydrogen) atoms. The minimum absolute atomic E-state index is 0.0996. The summed E-state index contributed by atoms with van der Waals surface area (Å²) in [5.41, 5.74) is 8.25. The Morgan fingerprint density at radius 1 is 0.935 bits per heavy atom. The van der Waals surface area contributed by atoms with E-state index in [4.69, 9.17) is 10.7 Å². The lowest BCUT2D eigenvalue weighted by atomic mass is 10.1. The summed E-state index contributed by atoms with van der Waals surface area (Å²) in [6.07, 6.45) is 1.63. The van der Waals surface area contributed by atoms with Crippen molar-refractivity contribution >= 4 is 28.6 Å². The highest BCUT2D eigenvalue weighted by Crippen LogP contribution is 2.34. The van der Waals surface area contributed by atoms with Crippen molar-refractivity contribution < 1.29 is 4.79 Å². The molecule has 0 saturated heterocycles. The Morgan fingerprint density at radius 2 is 1.58 bits per heavy atom. The van der Waals surface area contributed by atoms with Gasteiger partial charge in [-0.3, -0.25) is 14.2 Å². The fourth-order valence-electron chi connectivity index (χ4n) is 3.54. The number of benzene rings is 3. The lowest BCUT2D eigenvalue weighted by molar-refractivity contribution is -0.117. The van der Waals surface area contributed by atoms with Crippen LogP contribution in [-0.2, 0) is 17.8 Å². The predicted molar refractivity (Wildman–Crippen MR) is 125 cm³/mol. The van der Waals surface area contributed by atoms with Crippen molar-refractivity contribution in [2.45, 2.75) is 29.8 Å². The highest BCUT2D eigenvalue weighted by Gasteiger charge is 2.23. The molecule has 1 heterocycles. The number of hydrogen-bond acceptors (Lipinski definition) is 4. The number of aromatic nitrogens is 2. The van der Waals surface area contributed by atoms with Gasteiger partial charge in [-0.05, 0) is 36.1 Å². The Hall–Kier alpha value is -3.38. The van der Waals surface area contributed by atoms with Gasteiger partial charge in [0, 0.05) is 6.54 Å². The monoisotopic (exact) mass is 429 g/mol. The van der Waals surface area contributed by atoms with Crippen LogP contribution in [0.15, 0.2) is 94.9 Å². The standard InChI is InChI=1S/C25H23N3O2S/c26-23(29)22(19-13-5-2-6-14-19)31-25-27-21-16-8-7-15-20(21)24(30)28(25)17-9-12-18-10-3-1-4-11-18/h1-8,10-11,13-16,22H,9,12,17H2,(H2,26,29). The van der Waals surface area contributed by atoms with Crippen molar-refractivity contribution in [1.29, 1.82) is 0 Å². The fourth-order valence-corrected chi connectivity index (χ4v) is 4.62. The molecule has 0 bridgehead atoms. The van der Waals surface area contributed by atoms with Gasteiger partial charge in [-0.1, -0.05) is 84.6 Å². The lowest BCUT2D eigenvalue weighted by Gasteiger charge is -2.17. The van der Waals surface area contributed by atoms with E-state index < -0.39 is 11.2 Å². The number of rotatable bonds is 8. The minimum Gasteiger partial charge on any atom is -0.368 e. The summed E-state index contributed by atoms with van der Waals surface area (Å²) in [6.45, 7) is 0.508. The molecular formula is C25H23N3O2S. The van der Waals surface area contributed by atoms with Crippen LogP contribution in [0.4, 0.5) is 0 Å². The highest BCUT2D eigenvalue weighted by molar-refractivity contribution is 8.00. The minimum atomic E-state index is -0.630. The number of amides is 1. The zero-order valence-electron chi connectivity index (χ0n) is 17.0. The van der Waals surface area contributed by atoms with E-state index in [2.05, 4.69) is 12.1 Å². The molecule has 6 heteroatoms. The normalized spacial score (nSPS) is 12.0. The summed E-state index contributed by atoms with van der Waals surface area (Å²) < 4.78 is 1.68. The van der Waals surface area contributed by atoms with Crippen LogP contribution in [0.5, 0.6) is 0 Å². The predicted octanol–water partition coefficient (Wildman–Crippen LogP) is 4.35. The zero-order chi connectivity index (χ0) is 21.6. The Kier molecular flexibility index (Phi) is 6.48. The molecule has 0 saturated carbocycles. The average molecular weight is 430 g/mol. The summed E-state index contributed by atoms with van der Waals surface area (Å²) >= 11 is 1.23. The van der Waals surface area contributed by atoms with Crippen molar-refractivity contribution in [3.05, 3.63) is 106 Å². The van der Waals surface area contributed by atoms with E-state index in [1.165, 1.54) is 17.3 Å². The van der Waals surface area contributed by atoms with Crippen molar-refractivity contribution in [3.63, 3.8) is 0 Å². The van der Waals surface area contributed by atoms with Crippen LogP contribution in [0.1, 0.15) is 22.8 Å². The van der Waals surface area contributed by atoms with Crippen molar-refractivity contribution in [1.82, 2.24) is 9.55 Å². The summed E-state index contributed by atoms with van der Waals surface area (Å²) in [5.74, 6) is -0.463. The number of carbonyl (C=O) groups is 1. The first-order valence-corrected chi connectivity index (χ1v) is 11.1. The molecule has 1 atom stereocenters. The van der Waals surface area contributed by atoms with E-state index in [-0.39, 0.29) is 5.56 Å². The number of para-hydroxylation sites is 1. The summed E-state index contributed by atoms with van der Waals surface area (Å²) in [6, 6.07) is 26.8. The Balaban J connectivity index is 1.69. The van der Waals surface area contributed by atoms with Gasteiger partial charge in [-0.15, -0.1) is 0 Å². The number of primary amides is 1. The zero-order valence-corrected chi connectivity index (χ0v) is 17.8. The molecule has 0 fully saturated rings. The van der Waals surface area contributed by atoms with Crippen LogP contribution in [0.25, 0.3) is 10.9 Å². The van der Waals surface area contributed by atoms with Gasteiger partial charge in [0.15, 0.2) is 5.16 Å². The second-order valence-corrected chi connectivity index (χ2v) is 8.34. The van der Waals surface area contributed by atoms with E-state index in [1.807, 2.05) is 66.7 Å². The molecular weight excluding hydrogens is 406 g/mol. The molecule has 1 unspecified atom stereocenters. The third kappa shape index (κ3) is 4.86. The SMILES string of the molecule is NC(=O)C(Sc1nc2ccccc2c(=O)n1CCCc1ccccc1)c1ccccc1. The number of thioether (sulfide) groups is 1. The van der Waals surface area contributed by atoms with E-state index in [0.29, 0.717) is 22.6 Å². The third-order valence-corrected chi connectivity index (χ3v) is 6.36. The van der Waals surface area contributed by atoms with Gasteiger partial charge in [0.1, 0.15) is 5.25 Å². The second kappa shape index (κ2) is 9.62. The molecule has 4 aromatic rings. The van der Waals surface area contributed by atoms with Crippen LogP contribution in [0.2, 0.25) is 0 Å². The fraction of sp³-hybridized carbons (Fsp3) is 0.160. The first-order valence-electron chi connectivity index (χ1n) is 10.2. The van der Waals surface area contributed by atoms with Crippen LogP contribution in [0, 0.1) is 0 Å². The molecule has 3 aromatic carbocycles. The van der Waals surface area contributed by atoms with E-state index in [0.717, 1.165) is 18.4 Å². The van der Waals surface area contributed by atoms with Crippen LogP contribution in [-0.4, -0.2) is 15.5 Å². The third-order valence-electron chi connectivity index (χ3n) is 5.10. The molecule has 0 aliphatic heterocycles. The van der Waals surface area contributed by atoms with Gasteiger partial charge in [0.25, 0.3) is 5.56 Å². The summed E-state index contributed by atoms with van der Waals surface area (Å²) in [4.78, 5) is 30.2. The van der Waals surface area contributed by atoms with Gasteiger partial charge in [0.05, 0.1) is 10.9 Å². The van der Waals surface area contributed by atoms with E-state index in [1.54, 1.807) is 10.6 Å².